The molecule has 45 heavy (non-hydrogen) atoms. The molecule has 0 bridgehead atoms. The molecule has 0 N–H and O–H groups in total. The van der Waals surface area contributed by atoms with Gasteiger partial charge in [-0.2, -0.15) is 0 Å². The summed E-state index contributed by atoms with van der Waals surface area (Å²) >= 11 is -2.80. The Bertz CT molecular complexity index is 1740. The molecule has 2 unspecified atom stereocenters. The van der Waals surface area contributed by atoms with Crippen LogP contribution in [-0.2, 0) is 20.3 Å². The van der Waals surface area contributed by atoms with E-state index in [4.69, 9.17) is 0 Å². The molecule has 0 saturated carbocycles. The molecule has 0 amide bonds. The molecule has 3 heteroatoms. The van der Waals surface area contributed by atoms with Gasteiger partial charge in [-0.25, -0.2) is 0 Å². The van der Waals surface area contributed by atoms with Crippen LogP contribution in [0.3, 0.4) is 0 Å². The van der Waals surface area contributed by atoms with Gasteiger partial charge in [0.2, 0.25) is 0 Å². The number of hydrogen-bond donors (Lipinski definition) is 0. The molecule has 7 rings (SSSR count). The summed E-state index contributed by atoms with van der Waals surface area (Å²) in [7, 11) is 0. The third-order valence-corrected chi connectivity index (χ3v) is 24.3. The smallest absolute Gasteiger partial charge is 1.00 e. The van der Waals surface area contributed by atoms with Crippen molar-refractivity contribution in [1.82, 2.24) is 0 Å². The van der Waals surface area contributed by atoms with Crippen molar-refractivity contribution in [3.05, 3.63) is 127 Å². The topological polar surface area (TPSA) is 0 Å². The predicted octanol–water partition coefficient (Wildman–Crippen LogP) is 6.28. The van der Waals surface area contributed by atoms with Crippen LogP contribution in [0.25, 0.3) is 34.4 Å². The normalized spacial score (nSPS) is 18.0. The average Bonchev–Trinajstić information content (AvgIpc) is 3.52. The van der Waals surface area contributed by atoms with Crippen molar-refractivity contribution >= 4 is 12.2 Å². The first-order chi connectivity index (χ1) is 20.7. The van der Waals surface area contributed by atoms with Crippen LogP contribution in [0.2, 0.25) is 8.26 Å². The molecule has 1 aliphatic heterocycles. The molecule has 3 aliphatic rings. The summed E-state index contributed by atoms with van der Waals surface area (Å²) in [6, 6.07) is 23.3. The second kappa shape index (κ2) is 12.8. The van der Waals surface area contributed by atoms with Gasteiger partial charge in [0.05, 0.1) is 0 Å². The van der Waals surface area contributed by atoms with Crippen molar-refractivity contribution < 1.29 is 45.1 Å². The van der Waals surface area contributed by atoms with Gasteiger partial charge in [-0.1, -0.05) is 0 Å². The number of benzene rings is 4. The molecule has 0 aromatic heterocycles. The molecule has 232 valence electrons. The van der Waals surface area contributed by atoms with Gasteiger partial charge in [-0.05, 0) is 0 Å². The van der Waals surface area contributed by atoms with Gasteiger partial charge < -0.3 is 24.8 Å². The molecule has 0 spiro atoms. The van der Waals surface area contributed by atoms with E-state index in [1.165, 1.54) is 52.8 Å². The standard InChI is InChI=1S/2C20H21.C2H4.2ClH.Zr/c2*1-5-16-11-18-15(4)14(3)10-19(20(18)12-16)17-8-6-7-13(2)9-17;1-2;;;/h2*6-12H,5H2,1-4H3;1-2H2;2*1H;/q;;;;;+2/p-2. The van der Waals surface area contributed by atoms with Gasteiger partial charge in [-0.15, -0.1) is 0 Å². The molecule has 1 fully saturated rings. The maximum atomic E-state index is 2.66. The molecule has 2 aliphatic carbocycles. The molecular formula is C42H46Cl2Zr. The van der Waals surface area contributed by atoms with E-state index in [9.17, 15) is 0 Å². The fraction of sp³-hybridized carbons (Fsp3) is 0.333. The van der Waals surface area contributed by atoms with Crippen LogP contribution in [0.15, 0.2) is 71.8 Å². The summed E-state index contributed by atoms with van der Waals surface area (Å²) in [4.78, 5) is 0. The van der Waals surface area contributed by atoms with Gasteiger partial charge in [0.25, 0.3) is 0 Å². The van der Waals surface area contributed by atoms with Crippen LogP contribution >= 0.6 is 0 Å². The Balaban J connectivity index is 0.00000200. The van der Waals surface area contributed by atoms with Crippen molar-refractivity contribution in [3.8, 4) is 22.3 Å². The summed E-state index contributed by atoms with van der Waals surface area (Å²) in [6.07, 6.45) is 7.65. The van der Waals surface area contributed by atoms with Crippen molar-refractivity contribution in [3.63, 3.8) is 0 Å². The molecule has 2 atom stereocenters. The minimum Gasteiger partial charge on any atom is -1.00 e. The summed E-state index contributed by atoms with van der Waals surface area (Å²) in [5.41, 5.74) is 24.3. The monoisotopic (exact) mass is 710 g/mol. The van der Waals surface area contributed by atoms with E-state index >= 15 is 0 Å². The summed E-state index contributed by atoms with van der Waals surface area (Å²) < 4.78 is 4.40. The van der Waals surface area contributed by atoms with Crippen molar-refractivity contribution in [2.75, 3.05) is 0 Å². The Morgan fingerprint density at radius 3 is 1.31 bits per heavy atom. The van der Waals surface area contributed by atoms with E-state index in [0.29, 0.717) is 7.25 Å². The van der Waals surface area contributed by atoms with E-state index in [-0.39, 0.29) is 24.8 Å². The minimum atomic E-state index is -2.80. The van der Waals surface area contributed by atoms with Crippen molar-refractivity contribution in [2.24, 2.45) is 0 Å². The predicted molar refractivity (Wildman–Crippen MR) is 184 cm³/mol. The Labute approximate surface area is 288 Å². The summed E-state index contributed by atoms with van der Waals surface area (Å²) in [5, 5.41) is 0. The molecule has 0 radical (unpaired) electrons. The van der Waals surface area contributed by atoms with Crippen LogP contribution in [0.4, 0.5) is 0 Å². The van der Waals surface area contributed by atoms with Crippen LogP contribution in [0, 0.1) is 41.5 Å². The van der Waals surface area contributed by atoms with Crippen LogP contribution in [0.5, 0.6) is 0 Å². The van der Waals surface area contributed by atoms with Crippen molar-refractivity contribution in [1.29, 1.82) is 0 Å². The number of fused-ring (bicyclic) bond motifs is 2. The van der Waals surface area contributed by atoms with Crippen LogP contribution in [0.1, 0.15) is 89.6 Å². The molecule has 4 aromatic rings. The van der Waals surface area contributed by atoms with E-state index in [1.807, 2.05) is 0 Å². The number of allylic oxidation sites excluding steroid dienone is 2. The van der Waals surface area contributed by atoms with E-state index < -0.39 is 20.3 Å². The molecular weight excluding hydrogens is 667 g/mol. The van der Waals surface area contributed by atoms with Gasteiger partial charge in [-0.3, -0.25) is 0 Å². The fourth-order valence-electron chi connectivity index (χ4n) is 8.80. The summed E-state index contributed by atoms with van der Waals surface area (Å²) in [5.74, 6) is 0. The average molecular weight is 713 g/mol. The number of rotatable bonds is 6. The first-order valence-electron chi connectivity index (χ1n) is 16.5. The third kappa shape index (κ3) is 5.40. The van der Waals surface area contributed by atoms with E-state index in [2.05, 4.69) is 128 Å². The second-order valence-corrected chi connectivity index (χ2v) is 25.2. The van der Waals surface area contributed by atoms with Gasteiger partial charge >= 0.3 is 266 Å². The fourth-order valence-corrected chi connectivity index (χ4v) is 27.1. The number of aryl methyl sites for hydroxylation is 4. The Kier molecular flexibility index (Phi) is 9.71. The molecule has 4 aromatic carbocycles. The van der Waals surface area contributed by atoms with Crippen molar-refractivity contribution in [2.45, 2.75) is 83.7 Å². The first kappa shape index (κ1) is 34.2. The van der Waals surface area contributed by atoms with Crippen LogP contribution in [-0.4, -0.2) is 0 Å². The van der Waals surface area contributed by atoms with Gasteiger partial charge in [0.15, 0.2) is 0 Å². The van der Waals surface area contributed by atoms with E-state index in [0.717, 1.165) is 12.8 Å². The maximum absolute atomic E-state index is 2.80. The quantitative estimate of drug-likeness (QED) is 0.221. The number of hydrogen-bond acceptors (Lipinski definition) is 0. The largest absolute Gasteiger partial charge is 1.00 e. The SMILES string of the molecule is CCC1=Cc2c(-c3cccc(C)c3)cc(C)c(C)c2[CH]1[Zr+2]1([CH]2C(CC)=Cc3c(-c4cccc(C)c4)cc(C)c(C)c32)[CH2][CH2]1.[Cl-].[Cl-]. The maximum Gasteiger partial charge on any atom is -1.00 e. The Hall–Kier alpha value is -2.18. The first-order valence-corrected chi connectivity index (χ1v) is 22.8. The zero-order valence-corrected chi connectivity index (χ0v) is 32.1. The van der Waals surface area contributed by atoms with Gasteiger partial charge in [0, 0.05) is 0 Å². The number of halogens is 2. The molecule has 1 saturated heterocycles. The van der Waals surface area contributed by atoms with Gasteiger partial charge in [0.1, 0.15) is 0 Å². The zero-order valence-electron chi connectivity index (χ0n) is 28.2. The zero-order chi connectivity index (χ0) is 30.2. The third-order valence-electron chi connectivity index (χ3n) is 11.3. The Morgan fingerprint density at radius 2 is 0.978 bits per heavy atom. The van der Waals surface area contributed by atoms with Crippen LogP contribution < -0.4 is 24.8 Å². The summed E-state index contributed by atoms with van der Waals surface area (Å²) in [6.45, 7) is 18.9. The second-order valence-electron chi connectivity index (χ2n) is 13.9. The minimum absolute atomic E-state index is 0. The van der Waals surface area contributed by atoms with E-state index in [1.54, 1.807) is 44.5 Å². The molecule has 1 heterocycles. The Morgan fingerprint density at radius 1 is 0.578 bits per heavy atom. The molecule has 0 nitrogen and oxygen atoms in total.